The fourth-order valence-electron chi connectivity index (χ4n) is 1.50. The molecule has 2 rings (SSSR count). The molecule has 0 aliphatic rings. The van der Waals surface area contributed by atoms with Gasteiger partial charge in [-0.15, -0.1) is 0 Å². The van der Waals surface area contributed by atoms with Crippen LogP contribution in [0.3, 0.4) is 0 Å². The Bertz CT molecular complexity index is 532. The molecule has 2 aromatic rings. The molecule has 0 amide bonds. The Morgan fingerprint density at radius 2 is 1.50 bits per heavy atom. The predicted molar refractivity (Wildman–Crippen MR) is 65.1 cm³/mol. The molecular formula is C13H9ClF3N. The molecule has 0 heterocycles. The van der Waals surface area contributed by atoms with Gasteiger partial charge in [-0.05, 0) is 17.7 Å². The lowest BCUT2D eigenvalue weighted by Gasteiger charge is -2.09. The van der Waals surface area contributed by atoms with Gasteiger partial charge in [-0.2, -0.15) is 0 Å². The van der Waals surface area contributed by atoms with Crippen LogP contribution < -0.4 is 5.32 Å². The highest BCUT2D eigenvalue weighted by atomic mass is 35.5. The van der Waals surface area contributed by atoms with Crippen LogP contribution in [-0.4, -0.2) is 0 Å². The maximum Gasteiger partial charge on any atom is 0.152 e. The number of benzene rings is 2. The van der Waals surface area contributed by atoms with E-state index in [9.17, 15) is 13.2 Å². The molecule has 1 N–H and O–H groups in total. The molecule has 2 aromatic carbocycles. The van der Waals surface area contributed by atoms with Crippen molar-refractivity contribution in [2.45, 2.75) is 6.54 Å². The van der Waals surface area contributed by atoms with E-state index in [0.717, 1.165) is 5.56 Å². The van der Waals surface area contributed by atoms with Gasteiger partial charge < -0.3 is 5.32 Å². The van der Waals surface area contributed by atoms with Gasteiger partial charge in [0.1, 0.15) is 11.5 Å². The maximum atomic E-state index is 13.3. The average Bonchev–Trinajstić information content (AvgIpc) is 2.30. The van der Waals surface area contributed by atoms with Crippen LogP contribution in [0, 0.1) is 17.5 Å². The second-order valence-electron chi connectivity index (χ2n) is 3.72. The third-order valence-corrected chi connectivity index (χ3v) is 2.64. The normalized spacial score (nSPS) is 10.4. The molecule has 94 valence electrons. The predicted octanol–water partition coefficient (Wildman–Crippen LogP) is 4.37. The van der Waals surface area contributed by atoms with E-state index in [0.29, 0.717) is 17.2 Å². The topological polar surface area (TPSA) is 12.0 Å². The highest BCUT2D eigenvalue weighted by Crippen LogP contribution is 2.21. The number of rotatable bonds is 3. The molecule has 0 fully saturated rings. The van der Waals surface area contributed by atoms with Crippen LogP contribution in [0.2, 0.25) is 5.02 Å². The first kappa shape index (κ1) is 12.8. The Kier molecular flexibility index (Phi) is 3.77. The van der Waals surface area contributed by atoms with Crippen molar-refractivity contribution in [2.24, 2.45) is 0 Å². The van der Waals surface area contributed by atoms with Crippen molar-refractivity contribution < 1.29 is 13.2 Å². The summed E-state index contributed by atoms with van der Waals surface area (Å²) < 4.78 is 39.3. The number of nitrogens with one attached hydrogen (secondary N) is 1. The third-order valence-electron chi connectivity index (χ3n) is 2.39. The van der Waals surface area contributed by atoms with E-state index in [-0.39, 0.29) is 12.2 Å². The third kappa shape index (κ3) is 2.96. The van der Waals surface area contributed by atoms with Gasteiger partial charge in [-0.1, -0.05) is 23.7 Å². The van der Waals surface area contributed by atoms with Gasteiger partial charge in [-0.3, -0.25) is 0 Å². The molecule has 0 atom stereocenters. The van der Waals surface area contributed by atoms with Gasteiger partial charge >= 0.3 is 0 Å². The smallest absolute Gasteiger partial charge is 0.152 e. The first-order valence-electron chi connectivity index (χ1n) is 5.19. The van der Waals surface area contributed by atoms with Crippen molar-refractivity contribution in [3.05, 3.63) is 64.4 Å². The molecule has 0 bridgehead atoms. The molecule has 0 radical (unpaired) electrons. The van der Waals surface area contributed by atoms with Gasteiger partial charge in [0.25, 0.3) is 0 Å². The van der Waals surface area contributed by atoms with Crippen LogP contribution in [0.5, 0.6) is 0 Å². The Balaban J connectivity index is 2.13. The lowest BCUT2D eigenvalue weighted by atomic mass is 10.2. The zero-order valence-corrected chi connectivity index (χ0v) is 9.94. The first-order valence-corrected chi connectivity index (χ1v) is 5.57. The van der Waals surface area contributed by atoms with Crippen LogP contribution >= 0.6 is 11.6 Å². The number of hydrogen-bond acceptors (Lipinski definition) is 1. The van der Waals surface area contributed by atoms with Gasteiger partial charge in [0.05, 0.1) is 0 Å². The zero-order chi connectivity index (χ0) is 13.1. The fourth-order valence-corrected chi connectivity index (χ4v) is 1.63. The molecule has 0 aromatic heterocycles. The first-order chi connectivity index (χ1) is 8.56. The van der Waals surface area contributed by atoms with Crippen LogP contribution in [0.15, 0.2) is 36.4 Å². The van der Waals surface area contributed by atoms with Crippen molar-refractivity contribution in [1.82, 2.24) is 0 Å². The average molecular weight is 272 g/mol. The molecule has 5 heteroatoms. The summed E-state index contributed by atoms with van der Waals surface area (Å²) in [4.78, 5) is 0. The van der Waals surface area contributed by atoms with Crippen LogP contribution in [0.1, 0.15) is 5.56 Å². The summed E-state index contributed by atoms with van der Waals surface area (Å²) in [6.45, 7) is 0.219. The lowest BCUT2D eigenvalue weighted by Crippen LogP contribution is -2.04. The minimum atomic E-state index is -0.957. The molecule has 0 unspecified atom stereocenters. The molecule has 0 saturated carbocycles. The van der Waals surface area contributed by atoms with E-state index in [2.05, 4.69) is 5.32 Å². The van der Waals surface area contributed by atoms with Gasteiger partial charge in [0.2, 0.25) is 0 Å². The summed E-state index contributed by atoms with van der Waals surface area (Å²) in [6, 6.07) is 8.08. The van der Waals surface area contributed by atoms with E-state index >= 15 is 0 Å². The molecule has 0 aliphatic carbocycles. The van der Waals surface area contributed by atoms with E-state index < -0.39 is 17.5 Å². The van der Waals surface area contributed by atoms with Crippen molar-refractivity contribution in [2.75, 3.05) is 5.32 Å². The Morgan fingerprint density at radius 1 is 0.944 bits per heavy atom. The summed E-state index contributed by atoms with van der Waals surface area (Å²) in [5, 5.41) is 3.17. The fraction of sp³-hybridized carbons (Fsp3) is 0.0769. The van der Waals surface area contributed by atoms with Gasteiger partial charge in [0, 0.05) is 23.7 Å². The van der Waals surface area contributed by atoms with Crippen molar-refractivity contribution in [3.63, 3.8) is 0 Å². The summed E-state index contributed by atoms with van der Waals surface area (Å²) in [5.74, 6) is -2.86. The van der Waals surface area contributed by atoms with Crippen LogP contribution in [-0.2, 0) is 6.54 Å². The SMILES string of the molecule is Fc1cc(F)c(NCc2ccc(Cl)cc2)c(F)c1. The largest absolute Gasteiger partial charge is 0.376 e. The Morgan fingerprint density at radius 3 is 2.06 bits per heavy atom. The molecule has 18 heavy (non-hydrogen) atoms. The number of anilines is 1. The Hall–Kier alpha value is -1.68. The van der Waals surface area contributed by atoms with Gasteiger partial charge in [0.15, 0.2) is 11.6 Å². The minimum absolute atomic E-state index is 0.219. The molecule has 1 nitrogen and oxygen atoms in total. The summed E-state index contributed by atoms with van der Waals surface area (Å²) in [6.07, 6.45) is 0. The van der Waals surface area contributed by atoms with Crippen molar-refractivity contribution in [3.8, 4) is 0 Å². The molecule has 0 saturated heterocycles. The van der Waals surface area contributed by atoms with E-state index in [1.165, 1.54) is 0 Å². The van der Waals surface area contributed by atoms with Crippen LogP contribution in [0.25, 0.3) is 0 Å². The lowest BCUT2D eigenvalue weighted by molar-refractivity contribution is 0.547. The quantitative estimate of drug-likeness (QED) is 0.874. The molecule has 0 aliphatic heterocycles. The summed E-state index contributed by atoms with van der Waals surface area (Å²) in [5.41, 5.74) is 0.467. The minimum Gasteiger partial charge on any atom is -0.376 e. The molecular weight excluding hydrogens is 263 g/mol. The van der Waals surface area contributed by atoms with Gasteiger partial charge in [-0.25, -0.2) is 13.2 Å². The maximum absolute atomic E-state index is 13.3. The second-order valence-corrected chi connectivity index (χ2v) is 4.16. The summed E-state index contributed by atoms with van der Waals surface area (Å²) in [7, 11) is 0. The van der Waals surface area contributed by atoms with E-state index in [4.69, 9.17) is 11.6 Å². The van der Waals surface area contributed by atoms with E-state index in [1.807, 2.05) is 0 Å². The second kappa shape index (κ2) is 5.31. The molecule has 0 spiro atoms. The number of hydrogen-bond donors (Lipinski definition) is 1. The van der Waals surface area contributed by atoms with Crippen molar-refractivity contribution in [1.29, 1.82) is 0 Å². The monoisotopic (exact) mass is 271 g/mol. The standard InChI is InChI=1S/C13H9ClF3N/c14-9-3-1-8(2-4-9)7-18-13-11(16)5-10(15)6-12(13)17/h1-6,18H,7H2. The zero-order valence-electron chi connectivity index (χ0n) is 9.18. The van der Waals surface area contributed by atoms with Crippen molar-refractivity contribution >= 4 is 17.3 Å². The highest BCUT2D eigenvalue weighted by Gasteiger charge is 2.10. The highest BCUT2D eigenvalue weighted by molar-refractivity contribution is 6.30. The number of halogens is 4. The summed E-state index contributed by atoms with van der Waals surface area (Å²) >= 11 is 5.71. The van der Waals surface area contributed by atoms with Crippen LogP contribution in [0.4, 0.5) is 18.9 Å². The Labute approximate surface area is 107 Å². The van der Waals surface area contributed by atoms with E-state index in [1.54, 1.807) is 24.3 Å².